The number of quaternary nitrogens is 1. The Morgan fingerprint density at radius 3 is 1.04 bits per heavy atom. The maximum atomic E-state index is 2.35. The number of hydrogen-bond acceptors (Lipinski definition) is 0. The van der Waals surface area contributed by atoms with E-state index in [1.165, 1.54) is 121 Å². The van der Waals surface area contributed by atoms with Gasteiger partial charge in [-0.05, 0) is 32.1 Å². The zero-order chi connectivity index (χ0) is 17.2. The average molecular weight is 362 g/mol. The van der Waals surface area contributed by atoms with Gasteiger partial charge in [0.2, 0.25) is 0 Å². The van der Waals surface area contributed by atoms with Crippen LogP contribution in [0, 0.1) is 0 Å². The van der Waals surface area contributed by atoms with Gasteiger partial charge in [-0.2, -0.15) is 0 Å². The lowest BCUT2D eigenvalue weighted by molar-refractivity contribution is -0.929. The van der Waals surface area contributed by atoms with Crippen LogP contribution in [-0.2, 0) is 0 Å². The Morgan fingerprint density at radius 1 is 0.375 bits per heavy atom. The molecule has 0 aromatic rings. The molecule has 1 nitrogen and oxygen atoms in total. The van der Waals surface area contributed by atoms with E-state index in [4.69, 9.17) is 0 Å². The van der Waals surface area contributed by atoms with Crippen molar-refractivity contribution < 1.29 is 16.9 Å². The van der Waals surface area contributed by atoms with Crippen molar-refractivity contribution in [2.75, 3.05) is 26.2 Å². The van der Waals surface area contributed by atoms with Crippen molar-refractivity contribution in [1.82, 2.24) is 0 Å². The lowest BCUT2D eigenvalue weighted by Gasteiger charge is -2.39. The minimum Gasteiger partial charge on any atom is -1.00 e. The second-order valence-corrected chi connectivity index (χ2v) is 7.77. The third-order valence-corrected chi connectivity index (χ3v) is 5.44. The van der Waals surface area contributed by atoms with Crippen LogP contribution in [0.25, 0.3) is 0 Å². The summed E-state index contributed by atoms with van der Waals surface area (Å²) >= 11 is 0. The zero-order valence-electron chi connectivity index (χ0n) is 17.6. The van der Waals surface area contributed by atoms with Crippen LogP contribution >= 0.6 is 0 Å². The molecule has 0 fully saturated rings. The smallest absolute Gasteiger partial charge is 0.0786 e. The summed E-state index contributed by atoms with van der Waals surface area (Å²) in [5.41, 5.74) is 0. The molecule has 0 atom stereocenters. The van der Waals surface area contributed by atoms with E-state index in [2.05, 4.69) is 27.7 Å². The highest BCUT2D eigenvalue weighted by atomic mass is 35.5. The molecule has 0 spiro atoms. The van der Waals surface area contributed by atoms with Gasteiger partial charge in [-0.3, -0.25) is 0 Å². The Morgan fingerprint density at radius 2 is 0.667 bits per heavy atom. The van der Waals surface area contributed by atoms with Crippen molar-refractivity contribution in [3.05, 3.63) is 0 Å². The van der Waals surface area contributed by atoms with Crippen molar-refractivity contribution in [3.8, 4) is 0 Å². The third kappa shape index (κ3) is 14.6. The van der Waals surface area contributed by atoms with Gasteiger partial charge in [0.25, 0.3) is 0 Å². The highest BCUT2D eigenvalue weighted by Crippen LogP contribution is 2.18. The van der Waals surface area contributed by atoms with Crippen LogP contribution in [0.2, 0.25) is 0 Å². The highest BCUT2D eigenvalue weighted by molar-refractivity contribution is 4.51. The van der Waals surface area contributed by atoms with E-state index in [-0.39, 0.29) is 12.4 Å². The van der Waals surface area contributed by atoms with Crippen LogP contribution in [0.4, 0.5) is 0 Å². The second-order valence-electron chi connectivity index (χ2n) is 7.77. The lowest BCUT2D eigenvalue weighted by atomic mass is 10.1. The Bertz CT molecular complexity index is 208. The standard InChI is InChI=1S/C22H48N.ClH/c1-5-9-13-14-15-16-17-18-22-23(19-10-6-2,20-11-7-3)21-12-8-4;/h5-22H2,1-4H3;1H/q+1;/p-1. The summed E-state index contributed by atoms with van der Waals surface area (Å²) in [6.45, 7) is 15.1. The Balaban J connectivity index is 0. The zero-order valence-corrected chi connectivity index (χ0v) is 18.3. The fourth-order valence-electron chi connectivity index (χ4n) is 3.73. The van der Waals surface area contributed by atoms with Gasteiger partial charge in [-0.1, -0.05) is 85.5 Å². The normalized spacial score (nSPS) is 11.5. The van der Waals surface area contributed by atoms with Crippen molar-refractivity contribution in [2.45, 2.75) is 118 Å². The molecule has 0 aromatic heterocycles. The van der Waals surface area contributed by atoms with E-state index < -0.39 is 0 Å². The number of halogens is 1. The van der Waals surface area contributed by atoms with E-state index in [0.29, 0.717) is 0 Å². The molecule has 0 N–H and O–H groups in total. The summed E-state index contributed by atoms with van der Waals surface area (Å²) < 4.78 is 1.44. The summed E-state index contributed by atoms with van der Waals surface area (Å²) in [5.74, 6) is 0. The lowest BCUT2D eigenvalue weighted by Crippen LogP contribution is -3.00. The van der Waals surface area contributed by atoms with Gasteiger partial charge in [-0.25, -0.2) is 0 Å². The first-order valence-electron chi connectivity index (χ1n) is 11.1. The Hall–Kier alpha value is 0.250. The average Bonchev–Trinajstić information content (AvgIpc) is 2.58. The molecular weight excluding hydrogens is 314 g/mol. The highest BCUT2D eigenvalue weighted by Gasteiger charge is 2.24. The molecule has 0 aromatic carbocycles. The van der Waals surface area contributed by atoms with E-state index >= 15 is 0 Å². The van der Waals surface area contributed by atoms with Crippen molar-refractivity contribution in [2.24, 2.45) is 0 Å². The number of nitrogens with zero attached hydrogens (tertiary/aromatic N) is 1. The molecule has 0 bridgehead atoms. The molecule has 0 radical (unpaired) electrons. The fraction of sp³-hybridized carbons (Fsp3) is 1.00. The van der Waals surface area contributed by atoms with Gasteiger partial charge in [-0.15, -0.1) is 0 Å². The largest absolute Gasteiger partial charge is 1.00 e. The van der Waals surface area contributed by atoms with E-state index in [0.717, 1.165) is 0 Å². The van der Waals surface area contributed by atoms with Crippen molar-refractivity contribution in [3.63, 3.8) is 0 Å². The Kier molecular flexibility index (Phi) is 21.6. The van der Waals surface area contributed by atoms with Gasteiger partial charge >= 0.3 is 0 Å². The minimum absolute atomic E-state index is 0. The predicted octanol–water partition coefficient (Wildman–Crippen LogP) is 4.35. The van der Waals surface area contributed by atoms with E-state index in [1.807, 2.05) is 0 Å². The van der Waals surface area contributed by atoms with Crippen LogP contribution in [-0.4, -0.2) is 30.7 Å². The topological polar surface area (TPSA) is 0 Å². The van der Waals surface area contributed by atoms with E-state index in [9.17, 15) is 0 Å². The summed E-state index contributed by atoms with van der Waals surface area (Å²) in [6, 6.07) is 0. The molecule has 0 unspecified atom stereocenters. The maximum Gasteiger partial charge on any atom is 0.0786 e. The van der Waals surface area contributed by atoms with Gasteiger partial charge in [0.1, 0.15) is 0 Å². The monoisotopic (exact) mass is 361 g/mol. The first-order chi connectivity index (χ1) is 11.2. The van der Waals surface area contributed by atoms with Gasteiger partial charge in [0, 0.05) is 0 Å². The quantitative estimate of drug-likeness (QED) is 0.251. The molecule has 0 aliphatic heterocycles. The molecule has 24 heavy (non-hydrogen) atoms. The molecule has 0 saturated heterocycles. The van der Waals surface area contributed by atoms with Crippen LogP contribution in [0.1, 0.15) is 118 Å². The molecule has 0 saturated carbocycles. The molecule has 0 aliphatic carbocycles. The fourth-order valence-corrected chi connectivity index (χ4v) is 3.73. The summed E-state index contributed by atoms with van der Waals surface area (Å²) in [6.07, 6.45) is 19.9. The number of hydrogen-bond donors (Lipinski definition) is 0. The van der Waals surface area contributed by atoms with Crippen molar-refractivity contribution in [1.29, 1.82) is 0 Å². The molecule has 0 aliphatic rings. The second kappa shape index (κ2) is 19.6. The van der Waals surface area contributed by atoms with E-state index in [1.54, 1.807) is 0 Å². The predicted molar refractivity (Wildman–Crippen MR) is 107 cm³/mol. The van der Waals surface area contributed by atoms with Crippen LogP contribution in [0.15, 0.2) is 0 Å². The third-order valence-electron chi connectivity index (χ3n) is 5.44. The number of unbranched alkanes of at least 4 members (excludes halogenated alkanes) is 10. The van der Waals surface area contributed by atoms with Gasteiger partial charge in [0.15, 0.2) is 0 Å². The molecule has 0 amide bonds. The SMILES string of the molecule is CCCCCCCCCC[N+](CCCC)(CCCC)CCCC.[Cl-]. The van der Waals surface area contributed by atoms with Crippen LogP contribution in [0.5, 0.6) is 0 Å². The summed E-state index contributed by atoms with van der Waals surface area (Å²) in [4.78, 5) is 0. The van der Waals surface area contributed by atoms with Gasteiger partial charge < -0.3 is 16.9 Å². The molecule has 0 heterocycles. The molecule has 0 rings (SSSR count). The number of rotatable bonds is 18. The Labute approximate surface area is 161 Å². The molecule has 2 heteroatoms. The summed E-state index contributed by atoms with van der Waals surface area (Å²) in [7, 11) is 0. The first-order valence-corrected chi connectivity index (χ1v) is 11.1. The van der Waals surface area contributed by atoms with Crippen LogP contribution in [0.3, 0.4) is 0 Å². The minimum atomic E-state index is 0. The maximum absolute atomic E-state index is 2.35. The molecular formula is C22H48ClN. The van der Waals surface area contributed by atoms with Crippen molar-refractivity contribution >= 4 is 0 Å². The van der Waals surface area contributed by atoms with Crippen LogP contribution < -0.4 is 12.4 Å². The first kappa shape index (κ1) is 26.5. The summed E-state index contributed by atoms with van der Waals surface area (Å²) in [5, 5.41) is 0. The van der Waals surface area contributed by atoms with Gasteiger partial charge in [0.05, 0.1) is 26.2 Å². The molecule has 148 valence electrons.